The van der Waals surface area contributed by atoms with Gasteiger partial charge in [-0.05, 0) is 39.5 Å². The van der Waals surface area contributed by atoms with E-state index in [-0.39, 0.29) is 5.54 Å². The lowest BCUT2D eigenvalue weighted by atomic mass is 9.96. The van der Waals surface area contributed by atoms with Crippen LogP contribution >= 0.6 is 0 Å². The van der Waals surface area contributed by atoms with E-state index in [0.29, 0.717) is 6.61 Å². The molecular weight excluding hydrogens is 214 g/mol. The number of nitrogens with zero attached hydrogens (tertiary/aromatic N) is 1. The molecule has 1 radical (unpaired) electrons. The van der Waals surface area contributed by atoms with Gasteiger partial charge in [-0.25, -0.2) is 0 Å². The van der Waals surface area contributed by atoms with E-state index in [4.69, 9.17) is 4.74 Å². The first-order valence-corrected chi connectivity index (χ1v) is 7.10. The Morgan fingerprint density at radius 2 is 1.65 bits per heavy atom. The Bertz CT molecular complexity index is 230. The van der Waals surface area contributed by atoms with Crippen molar-refractivity contribution in [2.75, 3.05) is 6.61 Å². The fourth-order valence-corrected chi connectivity index (χ4v) is 2.56. The summed E-state index contributed by atoms with van der Waals surface area (Å²) >= 11 is 0. The second-order valence-electron chi connectivity index (χ2n) is 5.90. The van der Waals surface area contributed by atoms with Crippen molar-refractivity contribution in [2.45, 2.75) is 83.9 Å². The summed E-state index contributed by atoms with van der Waals surface area (Å²) in [6.07, 6.45) is 7.41. The van der Waals surface area contributed by atoms with E-state index in [1.54, 1.807) is 0 Å². The third kappa shape index (κ3) is 3.43. The molecule has 1 fully saturated rings. The molecule has 0 spiro atoms. The van der Waals surface area contributed by atoms with Crippen molar-refractivity contribution in [1.82, 2.24) is 5.06 Å². The fraction of sp³-hybridized carbons (Fsp3) is 1.00. The van der Waals surface area contributed by atoms with Crippen LogP contribution in [0.4, 0.5) is 0 Å². The van der Waals surface area contributed by atoms with Gasteiger partial charge < -0.3 is 4.74 Å². The molecule has 1 atom stereocenters. The van der Waals surface area contributed by atoms with E-state index in [2.05, 4.69) is 13.8 Å². The number of hydroxylamine groups is 2. The van der Waals surface area contributed by atoms with Crippen LogP contribution in [0.5, 0.6) is 0 Å². The zero-order valence-corrected chi connectivity index (χ0v) is 11.9. The lowest BCUT2D eigenvalue weighted by molar-refractivity contribution is -0.296. The highest BCUT2D eigenvalue weighted by Crippen LogP contribution is 2.40. The monoisotopic (exact) mass is 242 g/mol. The molecule has 1 heterocycles. The predicted octanol–water partition coefficient (Wildman–Crippen LogP) is 3.91. The standard InChI is InChI=1S/C14H28NO2/c1-5-7-9-11-14(10-8-6-2)15(16)13(3,4)12-17-14/h5-12H2,1-4H3. The molecule has 0 aliphatic carbocycles. The Kier molecular flexibility index (Phi) is 5.42. The molecule has 0 aromatic heterocycles. The van der Waals surface area contributed by atoms with Crippen LogP contribution < -0.4 is 0 Å². The highest BCUT2D eigenvalue weighted by Gasteiger charge is 2.51. The van der Waals surface area contributed by atoms with E-state index in [0.717, 1.165) is 32.1 Å². The molecule has 0 aromatic rings. The van der Waals surface area contributed by atoms with E-state index in [1.807, 2.05) is 13.8 Å². The maximum atomic E-state index is 12.4. The van der Waals surface area contributed by atoms with Crippen LogP contribution in [0.3, 0.4) is 0 Å². The molecule has 101 valence electrons. The number of hydrogen-bond acceptors (Lipinski definition) is 2. The molecule has 3 heteroatoms. The third-order valence-corrected chi connectivity index (χ3v) is 3.71. The molecule has 0 saturated carbocycles. The molecule has 1 unspecified atom stereocenters. The van der Waals surface area contributed by atoms with Gasteiger partial charge in [-0.2, -0.15) is 0 Å². The highest BCUT2D eigenvalue weighted by molar-refractivity contribution is 4.93. The molecule has 17 heavy (non-hydrogen) atoms. The number of rotatable bonds is 7. The summed E-state index contributed by atoms with van der Waals surface area (Å²) in [5, 5.41) is 13.7. The van der Waals surface area contributed by atoms with Gasteiger partial charge in [0.05, 0.1) is 12.1 Å². The van der Waals surface area contributed by atoms with Gasteiger partial charge in [0.2, 0.25) is 0 Å². The van der Waals surface area contributed by atoms with E-state index in [1.165, 1.54) is 17.9 Å². The Balaban J connectivity index is 2.66. The van der Waals surface area contributed by atoms with Crippen molar-refractivity contribution in [3.8, 4) is 0 Å². The van der Waals surface area contributed by atoms with Crippen molar-refractivity contribution in [3.05, 3.63) is 0 Å². The largest absolute Gasteiger partial charge is 0.356 e. The topological polar surface area (TPSA) is 32.4 Å². The first kappa shape index (κ1) is 14.9. The van der Waals surface area contributed by atoms with E-state index >= 15 is 0 Å². The fourth-order valence-electron chi connectivity index (χ4n) is 2.56. The summed E-state index contributed by atoms with van der Waals surface area (Å²) < 4.78 is 5.93. The maximum absolute atomic E-state index is 12.4. The summed E-state index contributed by atoms with van der Waals surface area (Å²) in [4.78, 5) is 0. The van der Waals surface area contributed by atoms with Crippen molar-refractivity contribution in [3.63, 3.8) is 0 Å². The van der Waals surface area contributed by atoms with Gasteiger partial charge in [0.25, 0.3) is 0 Å². The molecule has 1 saturated heterocycles. The Labute approximate surface area is 106 Å². The molecule has 1 aliphatic heterocycles. The average Bonchev–Trinajstić information content (AvgIpc) is 2.52. The summed E-state index contributed by atoms with van der Waals surface area (Å²) in [6, 6.07) is 0. The van der Waals surface area contributed by atoms with Gasteiger partial charge in [0.15, 0.2) is 0 Å². The van der Waals surface area contributed by atoms with Crippen LogP contribution in [-0.2, 0) is 9.94 Å². The molecule has 0 bridgehead atoms. The predicted molar refractivity (Wildman–Crippen MR) is 69.0 cm³/mol. The van der Waals surface area contributed by atoms with Gasteiger partial charge in [-0.3, -0.25) is 0 Å². The Morgan fingerprint density at radius 3 is 2.12 bits per heavy atom. The van der Waals surface area contributed by atoms with Crippen molar-refractivity contribution in [1.29, 1.82) is 0 Å². The van der Waals surface area contributed by atoms with Gasteiger partial charge in [0.1, 0.15) is 5.72 Å². The normalized spacial score (nSPS) is 28.8. The van der Waals surface area contributed by atoms with Crippen LogP contribution in [0.15, 0.2) is 0 Å². The van der Waals surface area contributed by atoms with E-state index < -0.39 is 5.72 Å². The number of ether oxygens (including phenoxy) is 1. The van der Waals surface area contributed by atoms with Crippen LogP contribution in [0.1, 0.15) is 72.6 Å². The minimum atomic E-state index is -0.533. The first-order valence-electron chi connectivity index (χ1n) is 7.10. The second-order valence-corrected chi connectivity index (χ2v) is 5.90. The molecule has 0 N–H and O–H groups in total. The quantitative estimate of drug-likeness (QED) is 0.634. The van der Waals surface area contributed by atoms with E-state index in [9.17, 15) is 5.21 Å². The molecule has 1 aliphatic rings. The SMILES string of the molecule is CCCCCC1(CCCC)OCC(C)(C)N1[O]. The minimum absolute atomic E-state index is 0.361. The van der Waals surface area contributed by atoms with Crippen molar-refractivity contribution in [2.24, 2.45) is 0 Å². The van der Waals surface area contributed by atoms with Gasteiger partial charge in [-0.1, -0.05) is 33.1 Å². The zero-order valence-electron chi connectivity index (χ0n) is 11.9. The van der Waals surface area contributed by atoms with Crippen LogP contribution in [0.2, 0.25) is 0 Å². The summed E-state index contributed by atoms with van der Waals surface area (Å²) in [7, 11) is 0. The Hall–Kier alpha value is -0.120. The number of unbranched alkanes of at least 4 members (excludes halogenated alkanes) is 3. The molecule has 3 nitrogen and oxygen atoms in total. The molecule has 0 amide bonds. The minimum Gasteiger partial charge on any atom is -0.356 e. The lowest BCUT2D eigenvalue weighted by Crippen LogP contribution is -2.49. The van der Waals surface area contributed by atoms with Crippen molar-refractivity contribution >= 4 is 0 Å². The highest BCUT2D eigenvalue weighted by atomic mass is 16.6. The zero-order chi connectivity index (χ0) is 12.9. The molecule has 1 rings (SSSR count). The first-order chi connectivity index (χ1) is 7.98. The second kappa shape index (κ2) is 6.17. The summed E-state index contributed by atoms with van der Waals surface area (Å²) in [6.45, 7) is 8.87. The average molecular weight is 242 g/mol. The maximum Gasteiger partial charge on any atom is 0.147 e. The Morgan fingerprint density at radius 1 is 1.06 bits per heavy atom. The summed E-state index contributed by atoms with van der Waals surface area (Å²) in [5.74, 6) is 0. The van der Waals surface area contributed by atoms with Crippen LogP contribution in [-0.4, -0.2) is 22.9 Å². The van der Waals surface area contributed by atoms with Gasteiger partial charge in [-0.15, -0.1) is 10.3 Å². The van der Waals surface area contributed by atoms with Crippen molar-refractivity contribution < 1.29 is 9.94 Å². The molecule has 0 aromatic carbocycles. The third-order valence-electron chi connectivity index (χ3n) is 3.71. The summed E-state index contributed by atoms with van der Waals surface area (Å²) in [5.41, 5.74) is -0.894. The van der Waals surface area contributed by atoms with Crippen LogP contribution in [0, 0.1) is 0 Å². The molecular formula is C14H28NO2. The van der Waals surface area contributed by atoms with Gasteiger partial charge in [0, 0.05) is 0 Å². The lowest BCUT2D eigenvalue weighted by Gasteiger charge is -2.35. The van der Waals surface area contributed by atoms with Gasteiger partial charge >= 0.3 is 0 Å². The van der Waals surface area contributed by atoms with Crippen LogP contribution in [0.25, 0.3) is 0 Å². The smallest absolute Gasteiger partial charge is 0.147 e. The number of hydrogen-bond donors (Lipinski definition) is 0.